The molecular formula is C24H24ClFN2O3S. The maximum Gasteiger partial charge on any atom is 0.243 e. The first-order chi connectivity index (χ1) is 15.1. The third-order valence-corrected chi connectivity index (χ3v) is 7.02. The second-order valence-electron chi connectivity index (χ2n) is 7.56. The average molecular weight is 475 g/mol. The van der Waals surface area contributed by atoms with Gasteiger partial charge in [-0.2, -0.15) is 4.31 Å². The highest BCUT2D eigenvalue weighted by molar-refractivity contribution is 7.89. The van der Waals surface area contributed by atoms with E-state index < -0.39 is 22.0 Å². The van der Waals surface area contributed by atoms with Crippen molar-refractivity contribution in [3.63, 3.8) is 0 Å². The van der Waals surface area contributed by atoms with E-state index in [9.17, 15) is 17.6 Å². The van der Waals surface area contributed by atoms with Crippen molar-refractivity contribution in [2.24, 2.45) is 0 Å². The summed E-state index contributed by atoms with van der Waals surface area (Å²) >= 11 is 5.90. The van der Waals surface area contributed by atoms with Crippen LogP contribution in [0.1, 0.15) is 29.7 Å². The molecule has 0 aliphatic carbocycles. The smallest absolute Gasteiger partial charge is 0.243 e. The number of nitrogens with zero attached hydrogens (tertiary/aromatic N) is 1. The van der Waals surface area contributed by atoms with Gasteiger partial charge in [-0.1, -0.05) is 53.6 Å². The molecule has 0 aromatic heterocycles. The van der Waals surface area contributed by atoms with Gasteiger partial charge in [-0.25, -0.2) is 12.8 Å². The second kappa shape index (κ2) is 10.3. The van der Waals surface area contributed by atoms with E-state index in [-0.39, 0.29) is 23.8 Å². The third kappa shape index (κ3) is 6.16. The summed E-state index contributed by atoms with van der Waals surface area (Å²) in [6.07, 6.45) is 0. The fraction of sp³-hybridized carbons (Fsp3) is 0.208. The molecule has 0 aliphatic heterocycles. The van der Waals surface area contributed by atoms with Crippen LogP contribution >= 0.6 is 11.6 Å². The minimum atomic E-state index is -3.97. The Kier molecular flexibility index (Phi) is 7.66. The van der Waals surface area contributed by atoms with Gasteiger partial charge in [0, 0.05) is 11.6 Å². The molecule has 3 rings (SSSR count). The van der Waals surface area contributed by atoms with Crippen molar-refractivity contribution in [1.29, 1.82) is 0 Å². The van der Waals surface area contributed by atoms with Gasteiger partial charge >= 0.3 is 0 Å². The molecule has 32 heavy (non-hydrogen) atoms. The zero-order valence-corrected chi connectivity index (χ0v) is 19.3. The Hall–Kier alpha value is -2.74. The topological polar surface area (TPSA) is 66.5 Å². The van der Waals surface area contributed by atoms with Gasteiger partial charge in [0.1, 0.15) is 5.82 Å². The molecule has 3 aromatic carbocycles. The van der Waals surface area contributed by atoms with E-state index >= 15 is 0 Å². The van der Waals surface area contributed by atoms with Crippen molar-refractivity contribution in [3.05, 3.63) is 100 Å². The zero-order valence-electron chi connectivity index (χ0n) is 17.8. The minimum absolute atomic E-state index is 0.0327. The Bertz CT molecular complexity index is 1180. The van der Waals surface area contributed by atoms with Gasteiger partial charge in [0.05, 0.1) is 17.5 Å². The first-order valence-electron chi connectivity index (χ1n) is 10.0. The van der Waals surface area contributed by atoms with Crippen LogP contribution in [0.5, 0.6) is 0 Å². The summed E-state index contributed by atoms with van der Waals surface area (Å²) in [5.74, 6) is -0.835. The standard InChI is InChI=1S/C24H24ClFN2O3S/c1-17-4-3-5-19(14-17)15-28(32(30,31)23-12-8-21(25)9-13-23)16-24(29)27-18(2)20-6-10-22(26)11-7-20/h3-14,18H,15-16H2,1-2H3,(H,27,29). The van der Waals surface area contributed by atoms with Crippen molar-refractivity contribution in [2.75, 3.05) is 6.54 Å². The number of hydrogen-bond acceptors (Lipinski definition) is 3. The molecule has 0 saturated carbocycles. The maximum absolute atomic E-state index is 13.3. The van der Waals surface area contributed by atoms with E-state index in [1.54, 1.807) is 19.1 Å². The van der Waals surface area contributed by atoms with Crippen LogP contribution in [-0.2, 0) is 21.4 Å². The number of benzene rings is 3. The summed E-state index contributed by atoms with van der Waals surface area (Å²) < 4.78 is 41.0. The molecule has 3 aromatic rings. The largest absolute Gasteiger partial charge is 0.348 e. The van der Waals surface area contributed by atoms with E-state index in [1.165, 1.54) is 36.4 Å². The molecule has 0 bridgehead atoms. The predicted molar refractivity (Wildman–Crippen MR) is 123 cm³/mol. The lowest BCUT2D eigenvalue weighted by Crippen LogP contribution is -2.41. The van der Waals surface area contributed by atoms with Gasteiger partial charge in [-0.05, 0) is 61.4 Å². The van der Waals surface area contributed by atoms with Crippen LogP contribution in [0.3, 0.4) is 0 Å². The highest BCUT2D eigenvalue weighted by atomic mass is 35.5. The molecular weight excluding hydrogens is 451 g/mol. The molecule has 168 valence electrons. The van der Waals surface area contributed by atoms with E-state index in [0.29, 0.717) is 10.6 Å². The van der Waals surface area contributed by atoms with E-state index in [1.807, 2.05) is 31.2 Å². The number of aryl methyl sites for hydroxylation is 1. The molecule has 0 aliphatic rings. The SMILES string of the molecule is Cc1cccc(CN(CC(=O)NC(C)c2ccc(F)cc2)S(=O)(=O)c2ccc(Cl)cc2)c1. The van der Waals surface area contributed by atoms with Crippen molar-refractivity contribution in [3.8, 4) is 0 Å². The number of rotatable bonds is 8. The van der Waals surface area contributed by atoms with Crippen molar-refractivity contribution in [2.45, 2.75) is 31.3 Å². The normalized spacial score (nSPS) is 12.5. The lowest BCUT2D eigenvalue weighted by atomic mass is 10.1. The quantitative estimate of drug-likeness (QED) is 0.507. The Balaban J connectivity index is 1.83. The molecule has 1 N–H and O–H groups in total. The zero-order chi connectivity index (χ0) is 23.3. The number of halogens is 2. The molecule has 0 fully saturated rings. The Morgan fingerprint density at radius 3 is 2.34 bits per heavy atom. The number of amides is 1. The summed E-state index contributed by atoms with van der Waals surface area (Å²) in [6, 6.07) is 18.6. The van der Waals surface area contributed by atoms with Crippen LogP contribution < -0.4 is 5.32 Å². The van der Waals surface area contributed by atoms with E-state index in [0.717, 1.165) is 15.4 Å². The Morgan fingerprint density at radius 2 is 1.72 bits per heavy atom. The van der Waals surface area contributed by atoms with Gasteiger partial charge in [0.2, 0.25) is 15.9 Å². The Morgan fingerprint density at radius 1 is 1.06 bits per heavy atom. The van der Waals surface area contributed by atoms with Gasteiger partial charge in [-0.15, -0.1) is 0 Å². The number of carbonyl (C=O) groups is 1. The van der Waals surface area contributed by atoms with Gasteiger partial charge in [0.15, 0.2) is 0 Å². The first-order valence-corrected chi connectivity index (χ1v) is 11.8. The highest BCUT2D eigenvalue weighted by Gasteiger charge is 2.27. The fourth-order valence-corrected chi connectivity index (χ4v) is 4.79. The van der Waals surface area contributed by atoms with E-state index in [4.69, 9.17) is 11.6 Å². The molecule has 8 heteroatoms. The summed E-state index contributed by atoms with van der Waals surface area (Å²) in [4.78, 5) is 12.8. The fourth-order valence-electron chi connectivity index (χ4n) is 3.28. The van der Waals surface area contributed by atoms with Crippen molar-refractivity contribution < 1.29 is 17.6 Å². The summed E-state index contributed by atoms with van der Waals surface area (Å²) in [5.41, 5.74) is 2.47. The lowest BCUT2D eigenvalue weighted by molar-refractivity contribution is -0.122. The van der Waals surface area contributed by atoms with Crippen LogP contribution in [0.25, 0.3) is 0 Å². The minimum Gasteiger partial charge on any atom is -0.348 e. The number of nitrogens with one attached hydrogen (secondary N) is 1. The summed E-state index contributed by atoms with van der Waals surface area (Å²) in [6.45, 7) is 3.33. The van der Waals surface area contributed by atoms with Crippen LogP contribution in [0.2, 0.25) is 5.02 Å². The maximum atomic E-state index is 13.3. The van der Waals surface area contributed by atoms with Crippen molar-refractivity contribution >= 4 is 27.5 Å². The van der Waals surface area contributed by atoms with E-state index in [2.05, 4.69) is 5.32 Å². The molecule has 0 spiro atoms. The summed E-state index contributed by atoms with van der Waals surface area (Å²) in [7, 11) is -3.97. The van der Waals surface area contributed by atoms with Gasteiger partial charge in [-0.3, -0.25) is 4.79 Å². The summed E-state index contributed by atoms with van der Waals surface area (Å²) in [5, 5.41) is 3.20. The Labute approximate surface area is 192 Å². The highest BCUT2D eigenvalue weighted by Crippen LogP contribution is 2.21. The molecule has 1 amide bonds. The molecule has 5 nitrogen and oxygen atoms in total. The average Bonchev–Trinajstić information content (AvgIpc) is 2.74. The van der Waals surface area contributed by atoms with Crippen molar-refractivity contribution in [1.82, 2.24) is 9.62 Å². The van der Waals surface area contributed by atoms with Gasteiger partial charge < -0.3 is 5.32 Å². The molecule has 0 saturated heterocycles. The third-order valence-electron chi connectivity index (χ3n) is 4.96. The first kappa shape index (κ1) is 23.9. The molecule has 1 atom stereocenters. The molecule has 1 unspecified atom stereocenters. The van der Waals surface area contributed by atoms with Crippen LogP contribution in [0.15, 0.2) is 77.7 Å². The lowest BCUT2D eigenvalue weighted by Gasteiger charge is -2.23. The monoisotopic (exact) mass is 474 g/mol. The van der Waals surface area contributed by atoms with Gasteiger partial charge in [0.25, 0.3) is 0 Å². The molecule has 0 heterocycles. The number of hydrogen-bond donors (Lipinski definition) is 1. The number of carbonyl (C=O) groups excluding carboxylic acids is 1. The predicted octanol–water partition coefficient (Wildman–Crippen LogP) is 4.86. The van der Waals surface area contributed by atoms with Crippen LogP contribution in [0.4, 0.5) is 4.39 Å². The second-order valence-corrected chi connectivity index (χ2v) is 9.93. The molecule has 0 radical (unpaired) electrons. The van der Waals surface area contributed by atoms with Crippen LogP contribution in [0, 0.1) is 12.7 Å². The number of sulfonamides is 1. The van der Waals surface area contributed by atoms with Crippen LogP contribution in [-0.4, -0.2) is 25.2 Å².